The van der Waals surface area contributed by atoms with Gasteiger partial charge >= 0.3 is 0 Å². The van der Waals surface area contributed by atoms with E-state index in [-0.39, 0.29) is 28.5 Å². The molecule has 0 bridgehead atoms. The second kappa shape index (κ2) is 8.84. The summed E-state index contributed by atoms with van der Waals surface area (Å²) in [7, 11) is 0. The Balaban J connectivity index is 1.30. The number of nitrogens with zero attached hydrogens (tertiary/aromatic N) is 2. The molecule has 7 heteroatoms. The Morgan fingerprint density at radius 3 is 2.57 bits per heavy atom. The minimum Gasteiger partial charge on any atom is -0.393 e. The molecule has 35 heavy (non-hydrogen) atoms. The van der Waals surface area contributed by atoms with Crippen LogP contribution in [0.5, 0.6) is 0 Å². The van der Waals surface area contributed by atoms with Gasteiger partial charge in [0.25, 0.3) is 11.6 Å². The van der Waals surface area contributed by atoms with Gasteiger partial charge in [0.2, 0.25) is 0 Å². The molecule has 7 nitrogen and oxygen atoms in total. The number of carbonyl (C=O) groups excluding carboxylic acids is 1. The number of aliphatic hydroxyl groups is 1. The summed E-state index contributed by atoms with van der Waals surface area (Å²) in [5.41, 5.74) is 5.91. The number of hydrazone groups is 1. The lowest BCUT2D eigenvalue weighted by atomic mass is 9.47. The molecule has 3 fully saturated rings. The van der Waals surface area contributed by atoms with Crippen LogP contribution in [0, 0.1) is 44.6 Å². The molecule has 0 radical (unpaired) electrons. The van der Waals surface area contributed by atoms with E-state index >= 15 is 0 Å². The fourth-order valence-electron chi connectivity index (χ4n) is 8.34. The number of aliphatic hydroxyl groups excluding tert-OH is 1. The molecule has 1 aromatic rings. The highest BCUT2D eigenvalue weighted by atomic mass is 16.6. The van der Waals surface area contributed by atoms with Gasteiger partial charge in [-0.05, 0) is 99.0 Å². The van der Waals surface area contributed by atoms with Crippen molar-refractivity contribution in [3.63, 3.8) is 0 Å². The summed E-state index contributed by atoms with van der Waals surface area (Å²) in [4.78, 5) is 22.9. The monoisotopic (exact) mass is 479 g/mol. The Morgan fingerprint density at radius 2 is 1.86 bits per heavy atom. The Bertz CT molecular complexity index is 1080. The summed E-state index contributed by atoms with van der Waals surface area (Å²) in [6.45, 7) is 6.93. The van der Waals surface area contributed by atoms with E-state index in [1.807, 2.05) is 6.92 Å². The second-order valence-corrected chi connectivity index (χ2v) is 11.8. The molecule has 7 atom stereocenters. The van der Waals surface area contributed by atoms with Crippen molar-refractivity contribution in [1.29, 1.82) is 0 Å². The van der Waals surface area contributed by atoms with Gasteiger partial charge < -0.3 is 5.11 Å². The summed E-state index contributed by atoms with van der Waals surface area (Å²) in [5, 5.41) is 25.6. The largest absolute Gasteiger partial charge is 0.393 e. The summed E-state index contributed by atoms with van der Waals surface area (Å²) < 4.78 is 0. The highest BCUT2D eigenvalue weighted by Crippen LogP contribution is 2.66. The number of non-ortho nitro benzene ring substituents is 1. The van der Waals surface area contributed by atoms with E-state index in [9.17, 15) is 20.0 Å². The van der Waals surface area contributed by atoms with Gasteiger partial charge in [0, 0.05) is 29.3 Å². The third-order valence-electron chi connectivity index (χ3n) is 10.3. The second-order valence-electron chi connectivity index (χ2n) is 11.8. The lowest BCUT2D eigenvalue weighted by Crippen LogP contribution is -2.51. The number of fused-ring (bicyclic) bond motifs is 5. The fourth-order valence-corrected chi connectivity index (χ4v) is 8.34. The van der Waals surface area contributed by atoms with Crippen molar-refractivity contribution >= 4 is 17.3 Å². The van der Waals surface area contributed by atoms with E-state index in [4.69, 9.17) is 0 Å². The van der Waals surface area contributed by atoms with Crippen LogP contribution in [-0.2, 0) is 0 Å². The minimum absolute atomic E-state index is 0.0373. The van der Waals surface area contributed by atoms with E-state index in [1.54, 1.807) is 0 Å². The highest BCUT2D eigenvalue weighted by molar-refractivity contribution is 5.95. The number of nitrogens with one attached hydrogen (secondary N) is 1. The van der Waals surface area contributed by atoms with Crippen LogP contribution in [0.2, 0.25) is 0 Å². The maximum Gasteiger partial charge on any atom is 0.271 e. The Hall–Kier alpha value is -2.54. The van der Waals surface area contributed by atoms with Gasteiger partial charge in [0.1, 0.15) is 0 Å². The number of rotatable bonds is 4. The molecule has 4 aliphatic carbocycles. The Morgan fingerprint density at radius 1 is 1.11 bits per heavy atom. The van der Waals surface area contributed by atoms with Crippen molar-refractivity contribution < 1.29 is 14.8 Å². The number of hydrogen-bond acceptors (Lipinski definition) is 5. The molecule has 5 rings (SSSR count). The van der Waals surface area contributed by atoms with Crippen molar-refractivity contribution in [1.82, 2.24) is 5.43 Å². The molecule has 2 N–H and O–H groups in total. The van der Waals surface area contributed by atoms with E-state index in [2.05, 4.69) is 30.5 Å². The quantitative estimate of drug-likeness (QED) is 0.252. The van der Waals surface area contributed by atoms with Crippen LogP contribution in [0.3, 0.4) is 0 Å². The van der Waals surface area contributed by atoms with Crippen LogP contribution < -0.4 is 5.43 Å². The predicted octanol–water partition coefficient (Wildman–Crippen LogP) is 5.64. The molecule has 7 unspecified atom stereocenters. The molecule has 1 aromatic carbocycles. The zero-order chi connectivity index (χ0) is 25.0. The van der Waals surface area contributed by atoms with Gasteiger partial charge in [-0.15, -0.1) is 0 Å². The number of hydrogen-bond donors (Lipinski definition) is 2. The molecule has 188 valence electrons. The number of nitro benzene ring substituents is 1. The third-order valence-corrected chi connectivity index (χ3v) is 10.3. The first kappa shape index (κ1) is 24.2. The molecule has 3 saturated carbocycles. The van der Waals surface area contributed by atoms with Crippen molar-refractivity contribution in [2.24, 2.45) is 39.6 Å². The molecule has 0 aromatic heterocycles. The van der Waals surface area contributed by atoms with Gasteiger partial charge in [0.05, 0.1) is 11.0 Å². The van der Waals surface area contributed by atoms with Crippen LogP contribution in [-0.4, -0.2) is 27.8 Å². The van der Waals surface area contributed by atoms with Crippen molar-refractivity contribution in [3.8, 4) is 0 Å². The topological polar surface area (TPSA) is 105 Å². The minimum atomic E-state index is -0.475. The number of allylic oxidation sites excluding steroid dienone is 1. The number of nitro groups is 1. The van der Waals surface area contributed by atoms with E-state index in [0.29, 0.717) is 29.2 Å². The molecule has 0 aliphatic heterocycles. The number of carbonyl (C=O) groups is 1. The predicted molar refractivity (Wildman–Crippen MR) is 135 cm³/mol. The van der Waals surface area contributed by atoms with Gasteiger partial charge in [-0.1, -0.05) is 25.5 Å². The fraction of sp³-hybridized carbons (Fsp3) is 0.643. The lowest BCUT2D eigenvalue weighted by Gasteiger charge is -2.58. The first-order valence-corrected chi connectivity index (χ1v) is 13.1. The van der Waals surface area contributed by atoms with Crippen molar-refractivity contribution in [3.05, 3.63) is 51.6 Å². The molecule has 1 amide bonds. The van der Waals surface area contributed by atoms with Gasteiger partial charge in [-0.2, -0.15) is 5.10 Å². The summed E-state index contributed by atoms with van der Waals surface area (Å²) in [5.74, 6) is 2.04. The molecule has 0 saturated heterocycles. The average Bonchev–Trinajstić information content (AvgIpc) is 3.20. The maximum absolute atomic E-state index is 12.6. The summed E-state index contributed by atoms with van der Waals surface area (Å²) in [6, 6.07) is 5.60. The maximum atomic E-state index is 12.6. The Labute approximate surface area is 207 Å². The van der Waals surface area contributed by atoms with Crippen LogP contribution in [0.1, 0.15) is 82.5 Å². The zero-order valence-corrected chi connectivity index (χ0v) is 21.0. The van der Waals surface area contributed by atoms with Crippen molar-refractivity contribution in [2.75, 3.05) is 0 Å². The van der Waals surface area contributed by atoms with Gasteiger partial charge in [-0.3, -0.25) is 14.9 Å². The average molecular weight is 480 g/mol. The lowest BCUT2D eigenvalue weighted by molar-refractivity contribution is -0.384. The first-order valence-electron chi connectivity index (χ1n) is 13.1. The van der Waals surface area contributed by atoms with Gasteiger partial charge in [-0.25, -0.2) is 5.43 Å². The van der Waals surface area contributed by atoms with E-state index < -0.39 is 4.92 Å². The SMILES string of the molecule is CC(=NNC(=O)c1ccc([N+](=O)[O-])cc1)C1CCC2C3CC=C4CC(O)CCC4(C)C3CCC12C. The van der Waals surface area contributed by atoms with Crippen LogP contribution >= 0.6 is 0 Å². The van der Waals surface area contributed by atoms with Gasteiger partial charge in [0.15, 0.2) is 0 Å². The van der Waals surface area contributed by atoms with E-state index in [1.165, 1.54) is 49.1 Å². The molecular weight excluding hydrogens is 442 g/mol. The molecule has 4 aliphatic rings. The molecule has 0 spiro atoms. The highest BCUT2D eigenvalue weighted by Gasteiger charge is 2.59. The summed E-state index contributed by atoms with van der Waals surface area (Å²) >= 11 is 0. The first-order chi connectivity index (χ1) is 16.6. The van der Waals surface area contributed by atoms with Crippen LogP contribution in [0.15, 0.2) is 41.0 Å². The van der Waals surface area contributed by atoms with Crippen LogP contribution in [0.25, 0.3) is 0 Å². The van der Waals surface area contributed by atoms with Crippen molar-refractivity contribution in [2.45, 2.75) is 78.2 Å². The standard InChI is InChI=1S/C28H37N3O4/c1-17(29-30-26(33)18-4-7-20(8-5-18)31(34)35)23-10-11-24-22-9-6-19-16-21(32)12-14-27(19,2)25(22)13-15-28(23,24)3/h4-8,21-25,32H,9-16H2,1-3H3,(H,30,33). The number of amides is 1. The zero-order valence-electron chi connectivity index (χ0n) is 21.0. The number of benzene rings is 1. The molecule has 0 heterocycles. The van der Waals surface area contributed by atoms with E-state index in [0.717, 1.165) is 37.8 Å². The summed E-state index contributed by atoms with van der Waals surface area (Å²) in [6.07, 6.45) is 11.0. The smallest absolute Gasteiger partial charge is 0.271 e. The molecular formula is C28H37N3O4. The third kappa shape index (κ3) is 4.02. The van der Waals surface area contributed by atoms with Crippen LogP contribution in [0.4, 0.5) is 5.69 Å². The normalized spacial score (nSPS) is 38.6. The Kier molecular flexibility index (Phi) is 6.10.